The molecule has 0 aromatic heterocycles. The maximum absolute atomic E-state index is 11.3. The van der Waals surface area contributed by atoms with Gasteiger partial charge in [-0.25, -0.2) is 0 Å². The quantitative estimate of drug-likeness (QED) is 0.641. The number of aliphatic carboxylic acids is 1. The third-order valence-electron chi connectivity index (χ3n) is 1.86. The number of unbranched alkanes of at least 4 members (excludes halogenated alkanes) is 1. The van der Waals surface area contributed by atoms with Crippen molar-refractivity contribution in [2.75, 3.05) is 13.6 Å². The smallest absolute Gasteiger partial charge is 0.323 e. The van der Waals surface area contributed by atoms with Crippen LogP contribution in [-0.4, -0.2) is 46.7 Å². The molecule has 0 fully saturated rings. The Morgan fingerprint density at radius 2 is 2.00 bits per heavy atom. The molecule has 0 radical (unpaired) electrons. The number of amides is 1. The van der Waals surface area contributed by atoms with Crippen LogP contribution in [0.15, 0.2) is 0 Å². The molecule has 0 aliphatic heterocycles. The Morgan fingerprint density at radius 1 is 1.43 bits per heavy atom. The molecule has 1 atom stereocenters. The fraction of sp³-hybridized carbons (Fsp3) is 0.778. The van der Waals surface area contributed by atoms with Gasteiger partial charge >= 0.3 is 5.97 Å². The Bertz CT molecular complexity index is 205. The van der Waals surface area contributed by atoms with Crippen LogP contribution in [0.5, 0.6) is 0 Å². The van der Waals surface area contributed by atoms with E-state index in [2.05, 4.69) is 0 Å². The van der Waals surface area contributed by atoms with Crippen LogP contribution in [0.25, 0.3) is 0 Å². The van der Waals surface area contributed by atoms with Gasteiger partial charge in [-0.05, 0) is 6.42 Å². The second-order valence-electron chi connectivity index (χ2n) is 3.25. The monoisotopic (exact) mass is 203 g/mol. The van der Waals surface area contributed by atoms with Crippen LogP contribution in [0.4, 0.5) is 0 Å². The Hall–Kier alpha value is -1.10. The average Bonchev–Trinajstić information content (AvgIpc) is 2.11. The Labute approximate surface area is 83.3 Å². The zero-order valence-electron chi connectivity index (χ0n) is 8.56. The van der Waals surface area contributed by atoms with Crippen LogP contribution < -0.4 is 0 Å². The van der Waals surface area contributed by atoms with Gasteiger partial charge in [-0.15, -0.1) is 0 Å². The van der Waals surface area contributed by atoms with Gasteiger partial charge in [-0.1, -0.05) is 19.8 Å². The summed E-state index contributed by atoms with van der Waals surface area (Å²) in [5.41, 5.74) is 0. The van der Waals surface area contributed by atoms with Crippen molar-refractivity contribution in [3.8, 4) is 0 Å². The Morgan fingerprint density at radius 3 is 2.43 bits per heavy atom. The molecular formula is C9H17NO4. The molecule has 82 valence electrons. The van der Waals surface area contributed by atoms with Crippen molar-refractivity contribution in [2.45, 2.75) is 32.3 Å². The summed E-state index contributed by atoms with van der Waals surface area (Å²) in [5.74, 6) is -1.61. The van der Waals surface area contributed by atoms with E-state index in [9.17, 15) is 14.7 Å². The topological polar surface area (TPSA) is 77.8 Å². The number of likely N-dealkylation sites (N-methyl/N-ethyl adjacent to an activating group) is 1. The number of hydrogen-bond acceptors (Lipinski definition) is 3. The largest absolute Gasteiger partial charge is 0.480 e. The molecule has 1 unspecified atom stereocenters. The zero-order chi connectivity index (χ0) is 11.1. The molecule has 0 aliphatic rings. The summed E-state index contributed by atoms with van der Waals surface area (Å²) in [5, 5.41) is 17.8. The van der Waals surface area contributed by atoms with Crippen molar-refractivity contribution in [2.24, 2.45) is 0 Å². The highest BCUT2D eigenvalue weighted by Crippen LogP contribution is 2.03. The third kappa shape index (κ3) is 4.81. The minimum atomic E-state index is -1.08. The molecule has 0 aromatic carbocycles. The van der Waals surface area contributed by atoms with Gasteiger partial charge in [-0.3, -0.25) is 9.59 Å². The molecule has 1 amide bonds. The van der Waals surface area contributed by atoms with Crippen LogP contribution in [0, 0.1) is 0 Å². The molecular weight excluding hydrogens is 186 g/mol. The number of rotatable bonds is 6. The van der Waals surface area contributed by atoms with Gasteiger partial charge in [0.25, 0.3) is 5.91 Å². The maximum Gasteiger partial charge on any atom is 0.323 e. The molecule has 0 spiro atoms. The lowest BCUT2D eigenvalue weighted by Gasteiger charge is -2.18. The fourth-order valence-electron chi connectivity index (χ4n) is 1.06. The molecule has 0 bridgehead atoms. The van der Waals surface area contributed by atoms with E-state index in [1.807, 2.05) is 6.92 Å². The van der Waals surface area contributed by atoms with E-state index in [1.54, 1.807) is 0 Å². The van der Waals surface area contributed by atoms with Gasteiger partial charge in [0.1, 0.15) is 12.6 Å². The minimum absolute atomic E-state index is 0.373. The number of hydrogen-bond donors (Lipinski definition) is 2. The summed E-state index contributed by atoms with van der Waals surface area (Å²) in [7, 11) is 1.37. The molecule has 0 aromatic rings. The molecule has 5 heteroatoms. The van der Waals surface area contributed by atoms with Crippen LogP contribution in [-0.2, 0) is 9.59 Å². The normalized spacial score (nSPS) is 12.2. The number of carbonyl (C=O) groups excluding carboxylic acids is 1. The van der Waals surface area contributed by atoms with E-state index < -0.39 is 18.0 Å². The molecule has 0 rings (SSSR count). The first kappa shape index (κ1) is 12.9. The number of aliphatic hydroxyl groups excluding tert-OH is 1. The predicted octanol–water partition coefficient (Wildman–Crippen LogP) is 0.0805. The lowest BCUT2D eigenvalue weighted by Crippen LogP contribution is -2.39. The molecule has 0 aliphatic carbocycles. The molecule has 5 nitrogen and oxygen atoms in total. The van der Waals surface area contributed by atoms with E-state index >= 15 is 0 Å². The van der Waals surface area contributed by atoms with Gasteiger partial charge in [0.15, 0.2) is 0 Å². The summed E-state index contributed by atoms with van der Waals surface area (Å²) in [6.45, 7) is 1.58. The van der Waals surface area contributed by atoms with Crippen molar-refractivity contribution < 1.29 is 19.8 Å². The minimum Gasteiger partial charge on any atom is -0.480 e. The third-order valence-corrected chi connectivity index (χ3v) is 1.86. The molecule has 0 heterocycles. The number of carboxylic acids is 1. The number of carboxylic acid groups (broad SMARTS) is 1. The highest BCUT2D eigenvalue weighted by Gasteiger charge is 2.19. The van der Waals surface area contributed by atoms with Crippen molar-refractivity contribution in [1.29, 1.82) is 0 Å². The van der Waals surface area contributed by atoms with Gasteiger partial charge in [-0.2, -0.15) is 0 Å². The van der Waals surface area contributed by atoms with Gasteiger partial charge in [0.2, 0.25) is 0 Å². The highest BCUT2D eigenvalue weighted by molar-refractivity contribution is 5.84. The molecule has 0 saturated carbocycles. The van der Waals surface area contributed by atoms with Crippen LogP contribution >= 0.6 is 0 Å². The van der Waals surface area contributed by atoms with Gasteiger partial charge < -0.3 is 15.1 Å². The summed E-state index contributed by atoms with van der Waals surface area (Å²) in [6, 6.07) is 0. The van der Waals surface area contributed by atoms with Crippen molar-refractivity contribution in [1.82, 2.24) is 4.90 Å². The van der Waals surface area contributed by atoms with Crippen molar-refractivity contribution >= 4 is 11.9 Å². The van der Waals surface area contributed by atoms with E-state index in [-0.39, 0.29) is 6.54 Å². The maximum atomic E-state index is 11.3. The first-order valence-corrected chi connectivity index (χ1v) is 4.63. The standard InChI is InChI=1S/C9H17NO4/c1-3-4-5-7(11)9(14)10(2)6-8(12)13/h7,11H,3-6H2,1-2H3,(H,12,13). The number of nitrogens with zero attached hydrogens (tertiary/aromatic N) is 1. The molecule has 14 heavy (non-hydrogen) atoms. The lowest BCUT2D eigenvalue weighted by atomic mass is 10.1. The summed E-state index contributed by atoms with van der Waals surface area (Å²) in [4.78, 5) is 22.6. The van der Waals surface area contributed by atoms with Crippen LogP contribution in [0.1, 0.15) is 26.2 Å². The lowest BCUT2D eigenvalue weighted by molar-refractivity contribution is -0.147. The summed E-state index contributed by atoms with van der Waals surface area (Å²) in [6.07, 6.45) is 0.972. The first-order chi connectivity index (χ1) is 6.49. The number of aliphatic hydroxyl groups is 1. The summed E-state index contributed by atoms with van der Waals surface area (Å²) < 4.78 is 0. The van der Waals surface area contributed by atoms with Crippen molar-refractivity contribution in [3.05, 3.63) is 0 Å². The van der Waals surface area contributed by atoms with Gasteiger partial charge in [0.05, 0.1) is 0 Å². The van der Waals surface area contributed by atoms with Crippen LogP contribution in [0.3, 0.4) is 0 Å². The Kier molecular flexibility index (Phi) is 5.87. The molecule has 0 saturated heterocycles. The second-order valence-corrected chi connectivity index (χ2v) is 3.25. The second kappa shape index (κ2) is 6.37. The first-order valence-electron chi connectivity index (χ1n) is 4.63. The summed E-state index contributed by atoms with van der Waals surface area (Å²) >= 11 is 0. The van der Waals surface area contributed by atoms with Gasteiger partial charge in [0, 0.05) is 7.05 Å². The van der Waals surface area contributed by atoms with E-state index in [4.69, 9.17) is 5.11 Å². The van der Waals surface area contributed by atoms with E-state index in [0.29, 0.717) is 6.42 Å². The fourth-order valence-corrected chi connectivity index (χ4v) is 1.06. The number of carbonyl (C=O) groups is 2. The highest BCUT2D eigenvalue weighted by atomic mass is 16.4. The predicted molar refractivity (Wildman–Crippen MR) is 50.8 cm³/mol. The van der Waals surface area contributed by atoms with Crippen molar-refractivity contribution in [3.63, 3.8) is 0 Å². The van der Waals surface area contributed by atoms with Crippen LogP contribution in [0.2, 0.25) is 0 Å². The Balaban J connectivity index is 3.97. The molecule has 2 N–H and O–H groups in total. The average molecular weight is 203 g/mol. The van der Waals surface area contributed by atoms with E-state index in [0.717, 1.165) is 17.7 Å². The van der Waals surface area contributed by atoms with E-state index in [1.165, 1.54) is 7.05 Å². The SMILES string of the molecule is CCCCC(O)C(=O)N(C)CC(=O)O. The zero-order valence-corrected chi connectivity index (χ0v) is 8.56.